The van der Waals surface area contributed by atoms with Crippen LogP contribution in [0.5, 0.6) is 0 Å². The lowest BCUT2D eigenvalue weighted by Crippen LogP contribution is -2.47. The summed E-state index contributed by atoms with van der Waals surface area (Å²) in [5.41, 5.74) is 1.72. The molecule has 1 amide bonds. The molecule has 1 fully saturated rings. The van der Waals surface area contributed by atoms with Crippen LogP contribution in [-0.2, 0) is 4.74 Å². The van der Waals surface area contributed by atoms with Crippen molar-refractivity contribution >= 4 is 18.3 Å². The van der Waals surface area contributed by atoms with Gasteiger partial charge in [-0.2, -0.15) is 5.10 Å². The first-order valence-corrected chi connectivity index (χ1v) is 8.41. The van der Waals surface area contributed by atoms with E-state index in [1.807, 2.05) is 0 Å². The summed E-state index contributed by atoms with van der Waals surface area (Å²) in [6.45, 7) is 3.04. The molecule has 0 unspecified atom stereocenters. The summed E-state index contributed by atoms with van der Waals surface area (Å²) in [7, 11) is 1.69. The lowest BCUT2D eigenvalue weighted by molar-refractivity contribution is 0.0510. The molecule has 0 saturated carbocycles. The smallest absolute Gasteiger partial charge is 0.269 e. The number of amides is 1. The highest BCUT2D eigenvalue weighted by atomic mass is 35.5. The molecule has 3 N–H and O–H groups in total. The number of H-pyrrole nitrogens is 1. The van der Waals surface area contributed by atoms with Gasteiger partial charge in [-0.25, -0.2) is 4.39 Å². The van der Waals surface area contributed by atoms with Crippen LogP contribution >= 0.6 is 12.4 Å². The summed E-state index contributed by atoms with van der Waals surface area (Å²) < 4.78 is 18.4. The number of halogens is 2. The van der Waals surface area contributed by atoms with Crippen molar-refractivity contribution in [3.8, 4) is 11.3 Å². The number of hydrogen-bond acceptors (Lipinski definition) is 4. The van der Waals surface area contributed by atoms with Crippen molar-refractivity contribution in [2.45, 2.75) is 12.8 Å². The standard InChI is InChI=1S/C18H23FN4O2.ClH/c1-25-12-18(6-8-20-9-7-18)11-21-17(24)16-10-15(22-23-16)13-2-4-14(19)5-3-13;/h2-5,10,20H,6-9,11-12H2,1H3,(H,21,24)(H,22,23);1H. The first-order chi connectivity index (χ1) is 12.1. The van der Waals surface area contributed by atoms with E-state index in [2.05, 4.69) is 20.8 Å². The summed E-state index contributed by atoms with van der Waals surface area (Å²) in [5, 5.41) is 13.2. The van der Waals surface area contributed by atoms with Crippen LogP contribution in [0.2, 0.25) is 0 Å². The average molecular weight is 383 g/mol. The molecule has 1 saturated heterocycles. The van der Waals surface area contributed by atoms with Crippen LogP contribution in [0, 0.1) is 11.2 Å². The normalized spacial score (nSPS) is 15.9. The minimum Gasteiger partial charge on any atom is -0.384 e. The van der Waals surface area contributed by atoms with Crippen molar-refractivity contribution in [2.24, 2.45) is 5.41 Å². The van der Waals surface area contributed by atoms with E-state index >= 15 is 0 Å². The Morgan fingerprint density at radius 1 is 1.31 bits per heavy atom. The number of aromatic amines is 1. The molecule has 0 aliphatic carbocycles. The number of carbonyl (C=O) groups is 1. The monoisotopic (exact) mass is 382 g/mol. The van der Waals surface area contributed by atoms with Crippen LogP contribution in [0.25, 0.3) is 11.3 Å². The third-order valence-electron chi connectivity index (χ3n) is 4.70. The summed E-state index contributed by atoms with van der Waals surface area (Å²) in [6.07, 6.45) is 1.93. The minimum atomic E-state index is -0.303. The van der Waals surface area contributed by atoms with Gasteiger partial charge in [-0.15, -0.1) is 12.4 Å². The lowest BCUT2D eigenvalue weighted by Gasteiger charge is -2.37. The Bertz CT molecular complexity index is 709. The number of carbonyl (C=O) groups excluding carboxylic acids is 1. The maximum Gasteiger partial charge on any atom is 0.269 e. The molecule has 6 nitrogen and oxygen atoms in total. The molecule has 8 heteroatoms. The molecule has 2 aromatic rings. The van der Waals surface area contributed by atoms with Crippen LogP contribution in [0.1, 0.15) is 23.3 Å². The second kappa shape index (κ2) is 9.12. The fraction of sp³-hybridized carbons (Fsp3) is 0.444. The van der Waals surface area contributed by atoms with Crippen molar-refractivity contribution in [2.75, 3.05) is 33.4 Å². The fourth-order valence-electron chi connectivity index (χ4n) is 3.21. The van der Waals surface area contributed by atoms with Gasteiger partial charge in [0.25, 0.3) is 5.91 Å². The predicted molar refractivity (Wildman–Crippen MR) is 100.0 cm³/mol. The Morgan fingerprint density at radius 3 is 2.65 bits per heavy atom. The number of methoxy groups -OCH3 is 1. The van der Waals surface area contributed by atoms with Gasteiger partial charge in [0.05, 0.1) is 12.3 Å². The van der Waals surface area contributed by atoms with Crippen LogP contribution in [-0.4, -0.2) is 49.5 Å². The van der Waals surface area contributed by atoms with Crippen molar-refractivity contribution < 1.29 is 13.9 Å². The fourth-order valence-corrected chi connectivity index (χ4v) is 3.21. The van der Waals surface area contributed by atoms with Gasteiger partial charge < -0.3 is 15.4 Å². The number of piperidine rings is 1. The van der Waals surface area contributed by atoms with E-state index in [1.165, 1.54) is 12.1 Å². The van der Waals surface area contributed by atoms with Crippen molar-refractivity contribution in [1.29, 1.82) is 0 Å². The lowest BCUT2D eigenvalue weighted by atomic mass is 9.79. The molecule has 0 radical (unpaired) electrons. The second-order valence-electron chi connectivity index (χ2n) is 6.54. The zero-order valence-corrected chi connectivity index (χ0v) is 15.5. The van der Waals surface area contributed by atoms with Gasteiger partial charge in [0.2, 0.25) is 0 Å². The van der Waals surface area contributed by atoms with Crippen LogP contribution in [0.3, 0.4) is 0 Å². The van der Waals surface area contributed by atoms with E-state index in [0.29, 0.717) is 24.5 Å². The van der Waals surface area contributed by atoms with E-state index in [4.69, 9.17) is 4.74 Å². The Morgan fingerprint density at radius 2 is 2.00 bits per heavy atom. The van der Waals surface area contributed by atoms with E-state index in [0.717, 1.165) is 31.5 Å². The third kappa shape index (κ3) is 4.81. The average Bonchev–Trinajstić information content (AvgIpc) is 3.12. The zero-order valence-electron chi connectivity index (χ0n) is 14.7. The molecule has 142 valence electrons. The van der Waals surface area contributed by atoms with Gasteiger partial charge in [-0.05, 0) is 56.3 Å². The van der Waals surface area contributed by atoms with Gasteiger partial charge in [0.1, 0.15) is 11.5 Å². The number of aromatic nitrogens is 2. The number of benzene rings is 1. The van der Waals surface area contributed by atoms with Gasteiger partial charge in [0.15, 0.2) is 0 Å². The zero-order chi connectivity index (χ0) is 17.7. The molecule has 1 aromatic carbocycles. The summed E-state index contributed by atoms with van der Waals surface area (Å²) in [6, 6.07) is 7.68. The predicted octanol–water partition coefficient (Wildman–Crippen LogP) is 2.38. The molecule has 1 aliphatic rings. The quantitative estimate of drug-likeness (QED) is 0.716. The molecule has 0 atom stereocenters. The van der Waals surface area contributed by atoms with E-state index < -0.39 is 0 Å². The van der Waals surface area contributed by atoms with E-state index in [1.54, 1.807) is 25.3 Å². The van der Waals surface area contributed by atoms with Crippen molar-refractivity contribution in [1.82, 2.24) is 20.8 Å². The second-order valence-corrected chi connectivity index (χ2v) is 6.54. The number of ether oxygens (including phenoxy) is 1. The largest absolute Gasteiger partial charge is 0.384 e. The first kappa shape index (κ1) is 20.4. The molecule has 0 bridgehead atoms. The van der Waals surface area contributed by atoms with Crippen molar-refractivity contribution in [3.63, 3.8) is 0 Å². The SMILES string of the molecule is COCC1(CNC(=O)c2cc(-c3ccc(F)cc3)n[nH]2)CCNCC1.Cl. The topological polar surface area (TPSA) is 79.0 Å². The van der Waals surface area contributed by atoms with E-state index in [9.17, 15) is 9.18 Å². The van der Waals surface area contributed by atoms with Gasteiger partial charge in [0, 0.05) is 24.6 Å². The third-order valence-corrected chi connectivity index (χ3v) is 4.70. The maximum atomic E-state index is 13.0. The Balaban J connectivity index is 0.00000243. The molecule has 1 aliphatic heterocycles. The highest BCUT2D eigenvalue weighted by Crippen LogP contribution is 2.28. The van der Waals surface area contributed by atoms with Crippen LogP contribution in [0.15, 0.2) is 30.3 Å². The molecule has 1 aromatic heterocycles. The molecule has 26 heavy (non-hydrogen) atoms. The summed E-state index contributed by atoms with van der Waals surface area (Å²) in [4.78, 5) is 12.4. The molecule has 2 heterocycles. The summed E-state index contributed by atoms with van der Waals surface area (Å²) in [5.74, 6) is -0.502. The van der Waals surface area contributed by atoms with Gasteiger partial charge in [-0.3, -0.25) is 9.89 Å². The van der Waals surface area contributed by atoms with Crippen LogP contribution < -0.4 is 10.6 Å². The Labute approximate surface area is 158 Å². The first-order valence-electron chi connectivity index (χ1n) is 8.41. The van der Waals surface area contributed by atoms with Crippen molar-refractivity contribution in [3.05, 3.63) is 41.8 Å². The van der Waals surface area contributed by atoms with Gasteiger partial charge >= 0.3 is 0 Å². The molecule has 0 spiro atoms. The van der Waals surface area contributed by atoms with E-state index in [-0.39, 0.29) is 29.5 Å². The van der Waals surface area contributed by atoms with Gasteiger partial charge in [-0.1, -0.05) is 0 Å². The Hall–Kier alpha value is -1.96. The highest BCUT2D eigenvalue weighted by molar-refractivity contribution is 5.93. The maximum absolute atomic E-state index is 13.0. The van der Waals surface area contributed by atoms with Crippen LogP contribution in [0.4, 0.5) is 4.39 Å². The Kier molecular flexibility index (Phi) is 7.14. The summed E-state index contributed by atoms with van der Waals surface area (Å²) >= 11 is 0. The number of nitrogens with zero attached hydrogens (tertiary/aromatic N) is 1. The number of rotatable bonds is 6. The number of hydrogen-bond donors (Lipinski definition) is 3. The highest BCUT2D eigenvalue weighted by Gasteiger charge is 2.32. The minimum absolute atomic E-state index is 0. The number of nitrogens with one attached hydrogen (secondary N) is 3. The molecular weight excluding hydrogens is 359 g/mol. The molecular formula is C18H24ClFN4O2. The molecule has 3 rings (SSSR count).